The van der Waals surface area contributed by atoms with Gasteiger partial charge in [0.25, 0.3) is 0 Å². The zero-order valence-electron chi connectivity index (χ0n) is 11.7. The fourth-order valence-corrected chi connectivity index (χ4v) is 1.85. The maximum atomic E-state index is 11.1. The van der Waals surface area contributed by atoms with Crippen molar-refractivity contribution in [3.8, 4) is 11.8 Å². The van der Waals surface area contributed by atoms with Gasteiger partial charge in [-0.1, -0.05) is 26.0 Å². The fourth-order valence-electron chi connectivity index (χ4n) is 1.85. The third-order valence-electron chi connectivity index (χ3n) is 2.68. The van der Waals surface area contributed by atoms with E-state index in [1.54, 1.807) is 30.3 Å². The van der Waals surface area contributed by atoms with Gasteiger partial charge in [0.1, 0.15) is 17.4 Å². The number of nitriles is 1. The van der Waals surface area contributed by atoms with E-state index in [1.165, 1.54) is 7.11 Å². The quantitative estimate of drug-likeness (QED) is 0.490. The Hall–Kier alpha value is -2.32. The number of ether oxygens (including phenoxy) is 2. The van der Waals surface area contributed by atoms with Crippen molar-refractivity contribution in [3.63, 3.8) is 0 Å². The van der Waals surface area contributed by atoms with E-state index in [0.29, 0.717) is 16.9 Å². The van der Waals surface area contributed by atoms with E-state index < -0.39 is 5.97 Å². The van der Waals surface area contributed by atoms with Gasteiger partial charge in [-0.25, -0.2) is 4.79 Å². The van der Waals surface area contributed by atoms with Crippen LogP contribution in [0.25, 0.3) is 5.57 Å². The molecular formula is C15H17NO4. The summed E-state index contributed by atoms with van der Waals surface area (Å²) in [5, 5.41) is 18.1. The highest BCUT2D eigenvalue weighted by Crippen LogP contribution is 2.28. The van der Waals surface area contributed by atoms with Gasteiger partial charge in [0.2, 0.25) is 0 Å². The second-order valence-corrected chi connectivity index (χ2v) is 4.44. The molecular weight excluding hydrogens is 258 g/mol. The van der Waals surface area contributed by atoms with Gasteiger partial charge in [-0.05, 0) is 29.2 Å². The number of allylic oxidation sites excluding steroid dienone is 1. The van der Waals surface area contributed by atoms with Crippen LogP contribution in [0, 0.1) is 17.2 Å². The van der Waals surface area contributed by atoms with E-state index in [0.717, 1.165) is 0 Å². The summed E-state index contributed by atoms with van der Waals surface area (Å²) < 4.78 is 10.1. The summed E-state index contributed by atoms with van der Waals surface area (Å²) >= 11 is 0. The summed E-state index contributed by atoms with van der Waals surface area (Å²) in [5.74, 6) is -0.671. The lowest BCUT2D eigenvalue weighted by Crippen LogP contribution is -2.06. The van der Waals surface area contributed by atoms with Crippen LogP contribution in [0.15, 0.2) is 29.8 Å². The summed E-state index contributed by atoms with van der Waals surface area (Å²) in [5.41, 5.74) is 0.979. The zero-order valence-corrected chi connectivity index (χ0v) is 11.7. The molecule has 1 aromatic carbocycles. The Morgan fingerprint density at radius 1 is 1.35 bits per heavy atom. The van der Waals surface area contributed by atoms with Crippen LogP contribution in [0.4, 0.5) is 0 Å². The summed E-state index contributed by atoms with van der Waals surface area (Å²) in [6.45, 7) is 3.85. The van der Waals surface area contributed by atoms with Crippen molar-refractivity contribution in [2.45, 2.75) is 13.8 Å². The monoisotopic (exact) mass is 275 g/mol. The van der Waals surface area contributed by atoms with Crippen molar-refractivity contribution in [1.82, 2.24) is 0 Å². The number of carbonyl (C=O) groups is 1. The average Bonchev–Trinajstić information content (AvgIpc) is 2.42. The smallest absolute Gasteiger partial charge is 0.346 e. The molecule has 0 aliphatic carbocycles. The van der Waals surface area contributed by atoms with E-state index in [2.05, 4.69) is 0 Å². The second kappa shape index (κ2) is 7.31. The molecule has 5 heteroatoms. The van der Waals surface area contributed by atoms with Crippen LogP contribution in [0.5, 0.6) is 5.75 Å². The number of hydrogen-bond acceptors (Lipinski definition) is 4. The Morgan fingerprint density at radius 3 is 2.35 bits per heavy atom. The number of aliphatic carboxylic acids is 1. The number of nitrogens with zero attached hydrogens (tertiary/aromatic N) is 1. The van der Waals surface area contributed by atoms with E-state index >= 15 is 0 Å². The third-order valence-corrected chi connectivity index (χ3v) is 2.68. The Morgan fingerprint density at radius 2 is 1.95 bits per heavy atom. The molecule has 0 radical (unpaired) electrons. The molecule has 0 atom stereocenters. The highest BCUT2D eigenvalue weighted by molar-refractivity contribution is 6.00. The molecule has 0 aromatic heterocycles. The number of benzene rings is 1. The molecule has 1 aromatic rings. The van der Waals surface area contributed by atoms with Crippen molar-refractivity contribution >= 4 is 11.5 Å². The molecule has 0 saturated heterocycles. The van der Waals surface area contributed by atoms with Crippen LogP contribution in [0.2, 0.25) is 0 Å². The minimum absolute atomic E-state index is 0.0773. The van der Waals surface area contributed by atoms with Gasteiger partial charge in [0.05, 0.1) is 0 Å². The van der Waals surface area contributed by atoms with Gasteiger partial charge >= 0.3 is 5.97 Å². The van der Waals surface area contributed by atoms with Gasteiger partial charge < -0.3 is 14.6 Å². The first-order valence-electron chi connectivity index (χ1n) is 6.11. The molecule has 0 fully saturated rings. The summed E-state index contributed by atoms with van der Waals surface area (Å²) in [7, 11) is 1.53. The number of hydrogen-bond donors (Lipinski definition) is 1. The van der Waals surface area contributed by atoms with Crippen molar-refractivity contribution < 1.29 is 19.4 Å². The number of rotatable bonds is 6. The number of methoxy groups -OCH3 is 1. The maximum Gasteiger partial charge on any atom is 0.346 e. The van der Waals surface area contributed by atoms with Gasteiger partial charge in [-0.3, -0.25) is 0 Å². The summed E-state index contributed by atoms with van der Waals surface area (Å²) in [6, 6.07) is 8.66. The van der Waals surface area contributed by atoms with Crippen LogP contribution in [0.1, 0.15) is 19.4 Å². The molecule has 1 N–H and O–H groups in total. The Balaban J connectivity index is 3.18. The van der Waals surface area contributed by atoms with E-state index in [1.807, 2.05) is 13.8 Å². The standard InChI is InChI=1S/C15H17NO4/c1-10(2)14(13(8-16)15(17)18)11-4-6-12(7-5-11)20-9-19-3/h4-7,10H,9H2,1-3H3,(H,17,18)/b14-13-. The first kappa shape index (κ1) is 15.7. The normalized spacial score (nSPS) is 11.8. The number of carboxylic acid groups (broad SMARTS) is 1. The molecule has 0 aliphatic heterocycles. The first-order valence-corrected chi connectivity index (χ1v) is 6.11. The minimum atomic E-state index is -1.21. The highest BCUT2D eigenvalue weighted by Gasteiger charge is 2.18. The van der Waals surface area contributed by atoms with Gasteiger partial charge in [-0.15, -0.1) is 0 Å². The lowest BCUT2D eigenvalue weighted by molar-refractivity contribution is -0.132. The molecule has 0 aliphatic rings. The maximum absolute atomic E-state index is 11.1. The molecule has 0 saturated carbocycles. The molecule has 0 unspecified atom stereocenters. The zero-order chi connectivity index (χ0) is 15.1. The van der Waals surface area contributed by atoms with Crippen molar-refractivity contribution in [3.05, 3.63) is 35.4 Å². The molecule has 106 valence electrons. The Kier molecular flexibility index (Phi) is 5.75. The topological polar surface area (TPSA) is 79.5 Å². The predicted molar refractivity (Wildman–Crippen MR) is 74.0 cm³/mol. The molecule has 20 heavy (non-hydrogen) atoms. The van der Waals surface area contributed by atoms with Gasteiger partial charge in [-0.2, -0.15) is 5.26 Å². The van der Waals surface area contributed by atoms with Gasteiger partial charge in [0, 0.05) is 7.11 Å². The Bertz CT molecular complexity index is 538. The first-order chi connectivity index (χ1) is 9.51. The Labute approximate surface area is 118 Å². The molecule has 0 heterocycles. The van der Waals surface area contributed by atoms with Crippen molar-refractivity contribution in [2.75, 3.05) is 13.9 Å². The largest absolute Gasteiger partial charge is 0.477 e. The fraction of sp³-hybridized carbons (Fsp3) is 0.333. The average molecular weight is 275 g/mol. The molecule has 1 rings (SSSR count). The van der Waals surface area contributed by atoms with Crippen LogP contribution in [-0.2, 0) is 9.53 Å². The molecule has 0 spiro atoms. The summed E-state index contributed by atoms with van der Waals surface area (Å²) in [4.78, 5) is 11.1. The van der Waals surface area contributed by atoms with Crippen LogP contribution >= 0.6 is 0 Å². The van der Waals surface area contributed by atoms with Crippen LogP contribution in [0.3, 0.4) is 0 Å². The highest BCUT2D eigenvalue weighted by atomic mass is 16.7. The SMILES string of the molecule is COCOc1ccc(/C(=C(/C#N)C(=O)O)C(C)C)cc1. The van der Waals surface area contributed by atoms with Crippen molar-refractivity contribution in [1.29, 1.82) is 5.26 Å². The van der Waals surface area contributed by atoms with Crippen molar-refractivity contribution in [2.24, 2.45) is 5.92 Å². The van der Waals surface area contributed by atoms with E-state index in [9.17, 15) is 4.79 Å². The van der Waals surface area contributed by atoms with Gasteiger partial charge in [0.15, 0.2) is 6.79 Å². The summed E-state index contributed by atoms with van der Waals surface area (Å²) in [6.07, 6.45) is 0. The lowest BCUT2D eigenvalue weighted by atomic mass is 9.91. The molecule has 5 nitrogen and oxygen atoms in total. The van der Waals surface area contributed by atoms with E-state index in [-0.39, 0.29) is 18.3 Å². The second-order valence-electron chi connectivity index (χ2n) is 4.44. The van der Waals surface area contributed by atoms with E-state index in [4.69, 9.17) is 19.8 Å². The third kappa shape index (κ3) is 3.84. The molecule has 0 amide bonds. The predicted octanol–water partition coefficient (Wildman–Crippen LogP) is 2.69. The lowest BCUT2D eigenvalue weighted by Gasteiger charge is -2.13. The molecule has 0 bridgehead atoms. The minimum Gasteiger partial charge on any atom is -0.477 e. The van der Waals surface area contributed by atoms with Crippen LogP contribution < -0.4 is 4.74 Å². The number of carboxylic acids is 1. The van der Waals surface area contributed by atoms with Crippen LogP contribution in [-0.4, -0.2) is 25.0 Å².